The van der Waals surface area contributed by atoms with Gasteiger partial charge >= 0.3 is 5.91 Å². The minimum atomic E-state index is -1.15. The van der Waals surface area contributed by atoms with Crippen LogP contribution in [0.4, 0.5) is 4.39 Å². The number of hydroxylamine groups is 2. The van der Waals surface area contributed by atoms with E-state index in [0.717, 1.165) is 5.06 Å². The molecule has 1 aromatic rings. The van der Waals surface area contributed by atoms with E-state index in [1.165, 1.54) is 18.8 Å². The third-order valence-electron chi connectivity index (χ3n) is 3.22. The third-order valence-corrected chi connectivity index (χ3v) is 3.22. The standard InChI is InChI=1S/C11H17FN4O2/c1-6(2)8-5-7(12)10-13-9(14-16(8)10)11(17)15(3)18-4/h6-8H,5H2,1-4H3. The van der Waals surface area contributed by atoms with Crippen LogP contribution in [-0.4, -0.2) is 39.9 Å². The topological polar surface area (TPSA) is 60.2 Å². The number of carbonyl (C=O) groups excluding carboxylic acids is 1. The summed E-state index contributed by atoms with van der Waals surface area (Å²) in [4.78, 5) is 20.6. The number of amides is 1. The Kier molecular flexibility index (Phi) is 3.34. The largest absolute Gasteiger partial charge is 0.316 e. The van der Waals surface area contributed by atoms with Gasteiger partial charge in [-0.15, -0.1) is 5.10 Å². The van der Waals surface area contributed by atoms with Gasteiger partial charge < -0.3 is 0 Å². The van der Waals surface area contributed by atoms with Gasteiger partial charge in [0.1, 0.15) is 0 Å². The van der Waals surface area contributed by atoms with Crippen molar-refractivity contribution < 1.29 is 14.0 Å². The molecule has 0 saturated carbocycles. The zero-order valence-electron chi connectivity index (χ0n) is 10.9. The van der Waals surface area contributed by atoms with E-state index < -0.39 is 12.1 Å². The molecule has 0 aliphatic carbocycles. The molecule has 1 aliphatic heterocycles. The van der Waals surface area contributed by atoms with E-state index in [2.05, 4.69) is 10.1 Å². The zero-order valence-corrected chi connectivity index (χ0v) is 10.9. The van der Waals surface area contributed by atoms with Crippen molar-refractivity contribution in [2.24, 2.45) is 5.92 Å². The number of hydrogen-bond acceptors (Lipinski definition) is 4. The predicted octanol–water partition coefficient (Wildman–Crippen LogP) is 1.52. The van der Waals surface area contributed by atoms with Crippen LogP contribution in [0.1, 0.15) is 48.9 Å². The quantitative estimate of drug-likeness (QED) is 0.769. The molecule has 0 radical (unpaired) electrons. The SMILES string of the molecule is CON(C)C(=O)c1nc2n(n1)C(C(C)C)CC2F. The molecule has 0 fully saturated rings. The first-order valence-electron chi connectivity index (χ1n) is 5.88. The molecular formula is C11H17FN4O2. The number of aromatic nitrogens is 3. The second kappa shape index (κ2) is 4.64. The highest BCUT2D eigenvalue weighted by Crippen LogP contribution is 2.39. The second-order valence-corrected chi connectivity index (χ2v) is 4.74. The van der Waals surface area contributed by atoms with Crippen LogP contribution in [0.2, 0.25) is 0 Å². The maximum absolute atomic E-state index is 13.8. The predicted molar refractivity (Wildman–Crippen MR) is 61.5 cm³/mol. The third kappa shape index (κ3) is 1.98. The molecular weight excluding hydrogens is 239 g/mol. The smallest absolute Gasteiger partial charge is 0.274 e. The van der Waals surface area contributed by atoms with Crippen molar-refractivity contribution in [3.63, 3.8) is 0 Å². The highest BCUT2D eigenvalue weighted by atomic mass is 19.1. The molecule has 0 aromatic carbocycles. The molecule has 2 rings (SSSR count). The van der Waals surface area contributed by atoms with Crippen molar-refractivity contribution in [3.8, 4) is 0 Å². The summed E-state index contributed by atoms with van der Waals surface area (Å²) >= 11 is 0. The number of fused-ring (bicyclic) bond motifs is 1. The molecule has 1 aromatic heterocycles. The lowest BCUT2D eigenvalue weighted by molar-refractivity contribution is -0.0764. The van der Waals surface area contributed by atoms with E-state index in [-0.39, 0.29) is 23.6 Å². The molecule has 2 unspecified atom stereocenters. The Morgan fingerprint density at radius 2 is 2.28 bits per heavy atom. The maximum atomic E-state index is 13.8. The molecule has 2 atom stereocenters. The van der Waals surface area contributed by atoms with Gasteiger partial charge in [-0.05, 0) is 5.92 Å². The molecule has 0 bridgehead atoms. The van der Waals surface area contributed by atoms with Gasteiger partial charge in [-0.1, -0.05) is 13.8 Å². The lowest BCUT2D eigenvalue weighted by Gasteiger charge is -2.15. The Hall–Kier alpha value is -1.50. The molecule has 0 saturated heterocycles. The van der Waals surface area contributed by atoms with Gasteiger partial charge in [0.15, 0.2) is 12.0 Å². The summed E-state index contributed by atoms with van der Waals surface area (Å²) in [7, 11) is 2.83. The second-order valence-electron chi connectivity index (χ2n) is 4.74. The van der Waals surface area contributed by atoms with Crippen molar-refractivity contribution in [3.05, 3.63) is 11.6 Å². The first kappa shape index (κ1) is 12.9. The average Bonchev–Trinajstić information content (AvgIpc) is 2.88. The number of hydrogen-bond donors (Lipinski definition) is 0. The van der Waals surface area contributed by atoms with Crippen molar-refractivity contribution in [1.29, 1.82) is 0 Å². The van der Waals surface area contributed by atoms with E-state index in [9.17, 15) is 9.18 Å². The molecule has 6 nitrogen and oxygen atoms in total. The fraction of sp³-hybridized carbons (Fsp3) is 0.727. The van der Waals surface area contributed by atoms with Crippen molar-refractivity contribution >= 4 is 5.91 Å². The van der Waals surface area contributed by atoms with Crippen LogP contribution in [-0.2, 0) is 4.84 Å². The number of alkyl halides is 1. The van der Waals surface area contributed by atoms with Gasteiger partial charge in [0.05, 0.1) is 13.2 Å². The van der Waals surface area contributed by atoms with Crippen LogP contribution in [0.3, 0.4) is 0 Å². The highest BCUT2D eigenvalue weighted by Gasteiger charge is 2.37. The number of rotatable bonds is 3. The van der Waals surface area contributed by atoms with E-state index in [1.54, 1.807) is 0 Å². The summed E-state index contributed by atoms with van der Waals surface area (Å²) < 4.78 is 15.3. The summed E-state index contributed by atoms with van der Waals surface area (Å²) in [5.74, 6) is -0.0210. The Balaban J connectivity index is 2.32. The zero-order chi connectivity index (χ0) is 13.4. The van der Waals surface area contributed by atoms with Gasteiger partial charge in [0, 0.05) is 13.5 Å². The monoisotopic (exact) mass is 256 g/mol. The first-order valence-corrected chi connectivity index (χ1v) is 5.88. The maximum Gasteiger partial charge on any atom is 0.316 e. The Morgan fingerprint density at radius 3 is 2.83 bits per heavy atom. The molecule has 1 aliphatic rings. The molecule has 100 valence electrons. The van der Waals surface area contributed by atoms with Crippen molar-refractivity contribution in [1.82, 2.24) is 19.8 Å². The molecule has 1 amide bonds. The molecule has 2 heterocycles. The van der Waals surface area contributed by atoms with Crippen molar-refractivity contribution in [2.75, 3.05) is 14.2 Å². The summed E-state index contributed by atoms with van der Waals surface area (Å²) in [5, 5.41) is 5.12. The Bertz CT molecular complexity index is 460. The van der Waals surface area contributed by atoms with Crippen LogP contribution < -0.4 is 0 Å². The van der Waals surface area contributed by atoms with Crippen LogP contribution in [0.25, 0.3) is 0 Å². The summed E-state index contributed by atoms with van der Waals surface area (Å²) in [6.07, 6.45) is -0.777. The van der Waals surface area contributed by atoms with Crippen LogP contribution in [0, 0.1) is 5.92 Å². The van der Waals surface area contributed by atoms with Crippen molar-refractivity contribution in [2.45, 2.75) is 32.5 Å². The normalized spacial score (nSPS) is 22.3. The van der Waals surface area contributed by atoms with Crippen LogP contribution >= 0.6 is 0 Å². The molecule has 0 spiro atoms. The summed E-state index contributed by atoms with van der Waals surface area (Å²) in [5.41, 5.74) is 0. The Labute approximate surface area is 105 Å². The molecule has 7 heteroatoms. The number of carbonyl (C=O) groups is 1. The highest BCUT2D eigenvalue weighted by molar-refractivity contribution is 5.89. The number of nitrogens with zero attached hydrogens (tertiary/aromatic N) is 4. The van der Waals surface area contributed by atoms with Crippen LogP contribution in [0.15, 0.2) is 0 Å². The van der Waals surface area contributed by atoms with Gasteiger partial charge in [-0.25, -0.2) is 19.1 Å². The van der Waals surface area contributed by atoms with E-state index >= 15 is 0 Å². The molecule has 18 heavy (non-hydrogen) atoms. The fourth-order valence-electron chi connectivity index (χ4n) is 2.08. The minimum absolute atomic E-state index is 0.0256. The fourth-order valence-corrected chi connectivity index (χ4v) is 2.08. The number of halogens is 1. The van der Waals surface area contributed by atoms with Crippen LogP contribution in [0.5, 0.6) is 0 Å². The van der Waals surface area contributed by atoms with E-state index in [0.29, 0.717) is 6.42 Å². The lowest BCUT2D eigenvalue weighted by atomic mass is 10.0. The van der Waals surface area contributed by atoms with Gasteiger partial charge in [0.2, 0.25) is 5.82 Å². The summed E-state index contributed by atoms with van der Waals surface area (Å²) in [6, 6.07) is -0.0445. The summed E-state index contributed by atoms with van der Waals surface area (Å²) in [6.45, 7) is 3.99. The first-order chi connectivity index (χ1) is 8.45. The van der Waals surface area contributed by atoms with E-state index in [1.807, 2.05) is 13.8 Å². The lowest BCUT2D eigenvalue weighted by Crippen LogP contribution is -2.27. The average molecular weight is 256 g/mol. The van der Waals surface area contributed by atoms with E-state index in [4.69, 9.17) is 4.84 Å². The van der Waals surface area contributed by atoms with Gasteiger partial charge in [0.25, 0.3) is 0 Å². The molecule has 0 N–H and O–H groups in total. The van der Waals surface area contributed by atoms with Gasteiger partial charge in [-0.3, -0.25) is 9.63 Å². The van der Waals surface area contributed by atoms with Gasteiger partial charge in [-0.2, -0.15) is 0 Å². The minimum Gasteiger partial charge on any atom is -0.274 e. The Morgan fingerprint density at radius 1 is 1.61 bits per heavy atom.